The first-order chi connectivity index (χ1) is 7.24. The van der Waals surface area contributed by atoms with Gasteiger partial charge in [0.15, 0.2) is 0 Å². The second-order valence-corrected chi connectivity index (χ2v) is 6.94. The third-order valence-electron chi connectivity index (χ3n) is 4.85. The largest absolute Gasteiger partial charge is 0.300 e. The van der Waals surface area contributed by atoms with E-state index in [1.165, 1.54) is 12.8 Å². The predicted molar refractivity (Wildman–Crippen MR) is 67.2 cm³/mol. The van der Waals surface area contributed by atoms with Gasteiger partial charge in [-0.1, -0.05) is 38.8 Å². The highest BCUT2D eigenvalue weighted by molar-refractivity contribution is 5.80. The molecule has 0 saturated heterocycles. The second-order valence-electron chi connectivity index (χ2n) is 6.94. The van der Waals surface area contributed by atoms with Crippen molar-refractivity contribution in [2.24, 2.45) is 16.7 Å². The molecule has 16 heavy (non-hydrogen) atoms. The summed E-state index contributed by atoms with van der Waals surface area (Å²) in [5.41, 5.74) is 3.86. The van der Waals surface area contributed by atoms with Gasteiger partial charge in [0.25, 0.3) is 0 Å². The Morgan fingerprint density at radius 1 is 1.00 bits per heavy atom. The molecule has 0 spiro atoms. The quantitative estimate of drug-likeness (QED) is 0.607. The first-order valence-corrected chi connectivity index (χ1v) is 6.47. The summed E-state index contributed by atoms with van der Waals surface area (Å²) >= 11 is 0. The maximum absolute atomic E-state index is 11.6. The normalized spacial score (nSPS) is 28.1. The topological polar surface area (TPSA) is 17.1 Å². The molecular weight excluding hydrogens is 196 g/mol. The van der Waals surface area contributed by atoms with E-state index in [4.69, 9.17) is 0 Å². The summed E-state index contributed by atoms with van der Waals surface area (Å²) in [4.78, 5) is 11.6. The van der Waals surface area contributed by atoms with Crippen LogP contribution in [0.1, 0.15) is 60.3 Å². The van der Waals surface area contributed by atoms with Gasteiger partial charge < -0.3 is 0 Å². The van der Waals surface area contributed by atoms with Crippen molar-refractivity contribution >= 4 is 5.78 Å². The molecule has 0 amide bonds. The van der Waals surface area contributed by atoms with Crippen molar-refractivity contribution in [2.45, 2.75) is 60.3 Å². The molecule has 0 unspecified atom stereocenters. The molecule has 0 aromatic rings. The van der Waals surface area contributed by atoms with Crippen molar-refractivity contribution in [1.82, 2.24) is 0 Å². The molecule has 0 N–H and O–H groups in total. The Hall–Kier alpha value is -0.590. The number of rotatable bonds is 1. The lowest BCUT2D eigenvalue weighted by Crippen LogP contribution is -2.28. The summed E-state index contributed by atoms with van der Waals surface area (Å²) in [5.74, 6) is 0.655. The van der Waals surface area contributed by atoms with Gasteiger partial charge in [0.05, 0.1) is 0 Å². The van der Waals surface area contributed by atoms with Gasteiger partial charge in [0, 0.05) is 5.92 Å². The van der Waals surface area contributed by atoms with Crippen LogP contribution in [-0.4, -0.2) is 5.78 Å². The van der Waals surface area contributed by atoms with Crippen LogP contribution in [0.3, 0.4) is 0 Å². The van der Waals surface area contributed by atoms with E-state index >= 15 is 0 Å². The molecule has 0 aliphatic heterocycles. The van der Waals surface area contributed by atoms with Crippen molar-refractivity contribution in [1.29, 1.82) is 0 Å². The SMILES string of the molecule is CC(=O)C1CC2=C(C1)C(C)(C)CCC2(C)C. The van der Waals surface area contributed by atoms with Crippen molar-refractivity contribution in [3.63, 3.8) is 0 Å². The van der Waals surface area contributed by atoms with Crippen molar-refractivity contribution in [2.75, 3.05) is 0 Å². The van der Waals surface area contributed by atoms with Crippen LogP contribution in [0.15, 0.2) is 11.1 Å². The molecule has 1 heteroatoms. The molecule has 0 aromatic carbocycles. The first kappa shape index (κ1) is 11.9. The van der Waals surface area contributed by atoms with E-state index in [-0.39, 0.29) is 5.92 Å². The minimum Gasteiger partial charge on any atom is -0.300 e. The van der Waals surface area contributed by atoms with Gasteiger partial charge in [0.2, 0.25) is 0 Å². The Balaban J connectivity index is 2.37. The average Bonchev–Trinajstić information content (AvgIpc) is 2.59. The number of carbonyl (C=O) groups is 1. The van der Waals surface area contributed by atoms with E-state index in [0.29, 0.717) is 16.6 Å². The van der Waals surface area contributed by atoms with Crippen LogP contribution in [0.2, 0.25) is 0 Å². The molecule has 1 nitrogen and oxygen atoms in total. The molecule has 0 atom stereocenters. The smallest absolute Gasteiger partial charge is 0.133 e. The molecule has 0 aromatic heterocycles. The predicted octanol–water partition coefficient (Wildman–Crippen LogP) is 4.13. The lowest BCUT2D eigenvalue weighted by molar-refractivity contribution is -0.120. The van der Waals surface area contributed by atoms with E-state index in [1.54, 1.807) is 18.1 Å². The molecule has 2 aliphatic rings. The molecule has 2 aliphatic carbocycles. The van der Waals surface area contributed by atoms with Crippen molar-refractivity contribution in [3.8, 4) is 0 Å². The van der Waals surface area contributed by atoms with Gasteiger partial charge in [0.1, 0.15) is 5.78 Å². The van der Waals surface area contributed by atoms with Crippen LogP contribution < -0.4 is 0 Å². The lowest BCUT2D eigenvalue weighted by Gasteiger charge is -2.41. The standard InChI is InChI=1S/C15H24O/c1-10(16)11-8-12-13(9-11)15(4,5)7-6-14(12,2)3/h11H,6-9H2,1-5H3. The number of allylic oxidation sites excluding steroid dienone is 2. The summed E-state index contributed by atoms with van der Waals surface area (Å²) in [5, 5.41) is 0. The van der Waals surface area contributed by atoms with E-state index in [2.05, 4.69) is 27.7 Å². The van der Waals surface area contributed by atoms with Crippen LogP contribution >= 0.6 is 0 Å². The van der Waals surface area contributed by atoms with Crippen LogP contribution in [-0.2, 0) is 4.79 Å². The zero-order valence-corrected chi connectivity index (χ0v) is 11.3. The summed E-state index contributed by atoms with van der Waals surface area (Å²) in [7, 11) is 0. The summed E-state index contributed by atoms with van der Waals surface area (Å²) in [6, 6.07) is 0. The Kier molecular flexibility index (Phi) is 2.56. The molecule has 0 saturated carbocycles. The van der Waals surface area contributed by atoms with E-state index in [0.717, 1.165) is 12.8 Å². The van der Waals surface area contributed by atoms with Crippen LogP contribution in [0.5, 0.6) is 0 Å². The minimum atomic E-state index is 0.279. The van der Waals surface area contributed by atoms with Crippen LogP contribution in [0, 0.1) is 16.7 Å². The molecule has 0 fully saturated rings. The van der Waals surface area contributed by atoms with Crippen molar-refractivity contribution in [3.05, 3.63) is 11.1 Å². The van der Waals surface area contributed by atoms with Gasteiger partial charge in [-0.25, -0.2) is 0 Å². The van der Waals surface area contributed by atoms with Crippen LogP contribution in [0.25, 0.3) is 0 Å². The van der Waals surface area contributed by atoms with E-state index < -0.39 is 0 Å². The van der Waals surface area contributed by atoms with E-state index in [9.17, 15) is 4.79 Å². The van der Waals surface area contributed by atoms with Crippen LogP contribution in [0.4, 0.5) is 0 Å². The maximum Gasteiger partial charge on any atom is 0.133 e. The minimum absolute atomic E-state index is 0.279. The monoisotopic (exact) mass is 220 g/mol. The third-order valence-corrected chi connectivity index (χ3v) is 4.85. The number of hydrogen-bond acceptors (Lipinski definition) is 1. The maximum atomic E-state index is 11.6. The first-order valence-electron chi connectivity index (χ1n) is 6.47. The number of ketones is 1. The van der Waals surface area contributed by atoms with Gasteiger partial charge in [-0.05, 0) is 43.4 Å². The highest BCUT2D eigenvalue weighted by Crippen LogP contribution is 2.56. The molecule has 90 valence electrons. The number of carbonyl (C=O) groups excluding carboxylic acids is 1. The fourth-order valence-electron chi connectivity index (χ4n) is 3.40. The molecule has 0 bridgehead atoms. The molecular formula is C15H24O. The Morgan fingerprint density at radius 3 is 1.69 bits per heavy atom. The number of hydrogen-bond donors (Lipinski definition) is 0. The summed E-state index contributed by atoms with van der Waals surface area (Å²) in [6.07, 6.45) is 4.59. The molecule has 0 radical (unpaired) electrons. The van der Waals surface area contributed by atoms with Gasteiger partial charge in [-0.15, -0.1) is 0 Å². The van der Waals surface area contributed by atoms with Gasteiger partial charge in [-0.2, -0.15) is 0 Å². The fraction of sp³-hybridized carbons (Fsp3) is 0.800. The Morgan fingerprint density at radius 2 is 1.38 bits per heavy atom. The number of Topliss-reactive ketones (excluding diaryl/α,β-unsaturated/α-hetero) is 1. The molecule has 2 rings (SSSR count). The van der Waals surface area contributed by atoms with E-state index in [1.807, 2.05) is 0 Å². The summed E-state index contributed by atoms with van der Waals surface area (Å²) < 4.78 is 0. The Bertz CT molecular complexity index is 330. The molecule has 0 heterocycles. The third kappa shape index (κ3) is 1.74. The average molecular weight is 220 g/mol. The second kappa shape index (κ2) is 3.45. The lowest BCUT2D eigenvalue weighted by atomic mass is 9.64. The zero-order chi connectivity index (χ0) is 12.1. The highest BCUT2D eigenvalue weighted by atomic mass is 16.1. The van der Waals surface area contributed by atoms with Gasteiger partial charge in [-0.3, -0.25) is 4.79 Å². The van der Waals surface area contributed by atoms with Gasteiger partial charge >= 0.3 is 0 Å². The summed E-state index contributed by atoms with van der Waals surface area (Å²) in [6.45, 7) is 11.1. The fourth-order valence-corrected chi connectivity index (χ4v) is 3.40. The Labute approximate surface area is 99.3 Å². The zero-order valence-electron chi connectivity index (χ0n) is 11.3. The highest BCUT2D eigenvalue weighted by Gasteiger charge is 2.44. The van der Waals surface area contributed by atoms with Crippen molar-refractivity contribution < 1.29 is 4.79 Å².